The molecule has 1 N–H and O–H groups in total. The largest absolute Gasteiger partial charge is 0.356 e. The van der Waals surface area contributed by atoms with Crippen molar-refractivity contribution < 1.29 is 13.2 Å². The number of nitrogens with one attached hydrogen (secondary N) is 1. The van der Waals surface area contributed by atoms with E-state index in [2.05, 4.69) is 15.2 Å². The van der Waals surface area contributed by atoms with Gasteiger partial charge in [0.1, 0.15) is 6.54 Å². The normalized spacial score (nSPS) is 29.8. The molecule has 0 spiro atoms. The molecule has 1 amide bonds. The number of likely N-dealkylation sites (N-methyl/N-ethyl adjacent to an activating group) is 1. The number of sulfone groups is 1. The van der Waals surface area contributed by atoms with Crippen LogP contribution in [0.1, 0.15) is 32.1 Å². The lowest BCUT2D eigenvalue weighted by molar-refractivity contribution is -0.127. The molecular formula is C18H33IN4O3S. The number of likely N-dealkylation sites (tertiary alicyclic amines) is 1. The van der Waals surface area contributed by atoms with Crippen LogP contribution in [0.2, 0.25) is 0 Å². The summed E-state index contributed by atoms with van der Waals surface area (Å²) in [5.74, 6) is 2.90. The Morgan fingerprint density at radius 1 is 1.15 bits per heavy atom. The van der Waals surface area contributed by atoms with Gasteiger partial charge in [-0.2, -0.15) is 0 Å². The molecule has 3 atom stereocenters. The number of nitrogens with zero attached hydrogens (tertiary/aromatic N) is 3. The Bertz CT molecular complexity index is 639. The number of hydrogen-bond acceptors (Lipinski definition) is 4. The highest BCUT2D eigenvalue weighted by atomic mass is 127. The van der Waals surface area contributed by atoms with Gasteiger partial charge < -0.3 is 15.1 Å². The van der Waals surface area contributed by atoms with Gasteiger partial charge in [-0.3, -0.25) is 4.79 Å². The van der Waals surface area contributed by atoms with Crippen LogP contribution in [0.5, 0.6) is 0 Å². The number of aliphatic imine (C=N–C) groups is 1. The standard InChI is InChI=1S/C18H32N4O3S.HI/c1-21(2)17(23)10-20-18(19-9-14-7-8-26(24,25)13-14)22-11-15-5-3-4-6-16(15)12-22;/h14-16H,3-13H2,1-2H3,(H,19,20);1H. The third kappa shape index (κ3) is 6.20. The van der Waals surface area contributed by atoms with Gasteiger partial charge in [0.25, 0.3) is 0 Å². The highest BCUT2D eigenvalue weighted by Gasteiger charge is 2.36. The SMILES string of the molecule is CN(C)C(=O)CN=C(NCC1CCS(=O)(=O)C1)N1CC2CCCCC2C1.I. The molecule has 0 radical (unpaired) electrons. The Hall–Kier alpha value is -0.580. The summed E-state index contributed by atoms with van der Waals surface area (Å²) >= 11 is 0. The molecule has 0 aromatic rings. The van der Waals surface area contributed by atoms with Gasteiger partial charge in [-0.05, 0) is 37.0 Å². The molecule has 1 saturated carbocycles. The first-order valence-corrected chi connectivity index (χ1v) is 11.6. The summed E-state index contributed by atoms with van der Waals surface area (Å²) in [7, 11) is 0.599. The van der Waals surface area contributed by atoms with Gasteiger partial charge in [-0.25, -0.2) is 13.4 Å². The summed E-state index contributed by atoms with van der Waals surface area (Å²) < 4.78 is 23.4. The molecule has 2 aliphatic heterocycles. The van der Waals surface area contributed by atoms with Crippen molar-refractivity contribution in [1.82, 2.24) is 15.1 Å². The number of fused-ring (bicyclic) bond motifs is 1. The summed E-state index contributed by atoms with van der Waals surface area (Å²) in [4.78, 5) is 20.4. The van der Waals surface area contributed by atoms with Gasteiger partial charge in [-0.1, -0.05) is 12.8 Å². The summed E-state index contributed by atoms with van der Waals surface area (Å²) in [6, 6.07) is 0. The van der Waals surface area contributed by atoms with E-state index in [4.69, 9.17) is 0 Å². The zero-order valence-electron chi connectivity index (χ0n) is 16.4. The average molecular weight is 512 g/mol. The Kier molecular flexibility index (Phi) is 8.20. The number of amides is 1. The number of guanidine groups is 1. The fourth-order valence-electron chi connectivity index (χ4n) is 4.40. The number of halogens is 1. The smallest absolute Gasteiger partial charge is 0.243 e. The molecule has 3 rings (SSSR count). The fourth-order valence-corrected chi connectivity index (χ4v) is 6.26. The van der Waals surface area contributed by atoms with Crippen LogP contribution in [-0.4, -0.2) is 81.9 Å². The molecule has 1 aliphatic carbocycles. The average Bonchev–Trinajstić information content (AvgIpc) is 3.17. The maximum Gasteiger partial charge on any atom is 0.243 e. The molecule has 156 valence electrons. The number of rotatable bonds is 4. The summed E-state index contributed by atoms with van der Waals surface area (Å²) in [6.07, 6.45) is 5.91. The Labute approximate surface area is 180 Å². The number of hydrogen-bond donors (Lipinski definition) is 1. The highest BCUT2D eigenvalue weighted by molar-refractivity contribution is 14.0. The molecule has 7 nitrogen and oxygen atoms in total. The molecular weight excluding hydrogens is 479 g/mol. The van der Waals surface area contributed by atoms with Crippen molar-refractivity contribution in [3.05, 3.63) is 0 Å². The van der Waals surface area contributed by atoms with Crippen molar-refractivity contribution >= 4 is 45.7 Å². The van der Waals surface area contributed by atoms with E-state index >= 15 is 0 Å². The molecule has 9 heteroatoms. The third-order valence-corrected chi connectivity index (χ3v) is 7.85. The lowest BCUT2D eigenvalue weighted by atomic mass is 9.82. The van der Waals surface area contributed by atoms with Crippen molar-refractivity contribution in [1.29, 1.82) is 0 Å². The first-order chi connectivity index (χ1) is 12.3. The summed E-state index contributed by atoms with van der Waals surface area (Å²) in [5, 5.41) is 3.39. The fraction of sp³-hybridized carbons (Fsp3) is 0.889. The van der Waals surface area contributed by atoms with Crippen molar-refractivity contribution in [3.63, 3.8) is 0 Å². The zero-order valence-corrected chi connectivity index (χ0v) is 19.5. The number of carbonyl (C=O) groups is 1. The Balaban J connectivity index is 0.00000261. The quantitative estimate of drug-likeness (QED) is 0.348. The van der Waals surface area contributed by atoms with Crippen LogP contribution in [0.4, 0.5) is 0 Å². The minimum absolute atomic E-state index is 0. The van der Waals surface area contributed by atoms with Crippen LogP contribution in [0, 0.1) is 17.8 Å². The molecule has 0 aromatic heterocycles. The molecule has 2 saturated heterocycles. The minimum Gasteiger partial charge on any atom is -0.356 e. The van der Waals surface area contributed by atoms with Crippen LogP contribution < -0.4 is 5.32 Å². The van der Waals surface area contributed by atoms with Gasteiger partial charge in [0.15, 0.2) is 15.8 Å². The van der Waals surface area contributed by atoms with Crippen molar-refractivity contribution in [2.75, 3.05) is 51.8 Å². The summed E-state index contributed by atoms with van der Waals surface area (Å²) in [6.45, 7) is 2.73. The second kappa shape index (κ2) is 9.76. The van der Waals surface area contributed by atoms with Gasteiger partial charge in [0.05, 0.1) is 11.5 Å². The molecule has 27 heavy (non-hydrogen) atoms. The minimum atomic E-state index is -2.87. The maximum atomic E-state index is 12.0. The Morgan fingerprint density at radius 3 is 2.30 bits per heavy atom. The van der Waals surface area contributed by atoms with E-state index in [1.54, 1.807) is 19.0 Å². The number of carbonyl (C=O) groups excluding carboxylic acids is 1. The maximum absolute atomic E-state index is 12.0. The lowest BCUT2D eigenvalue weighted by Crippen LogP contribution is -2.43. The second-order valence-electron chi connectivity index (χ2n) is 8.29. The monoisotopic (exact) mass is 512 g/mol. The lowest BCUT2D eigenvalue weighted by Gasteiger charge is -2.23. The van der Waals surface area contributed by atoms with E-state index in [0.717, 1.165) is 30.9 Å². The van der Waals surface area contributed by atoms with Crippen molar-refractivity contribution in [2.24, 2.45) is 22.7 Å². The molecule has 3 unspecified atom stereocenters. The van der Waals surface area contributed by atoms with E-state index in [9.17, 15) is 13.2 Å². The predicted molar refractivity (Wildman–Crippen MR) is 118 cm³/mol. The van der Waals surface area contributed by atoms with Gasteiger partial charge in [0, 0.05) is 33.7 Å². The van der Waals surface area contributed by atoms with E-state index in [0.29, 0.717) is 18.7 Å². The Morgan fingerprint density at radius 2 is 1.78 bits per heavy atom. The van der Waals surface area contributed by atoms with Crippen LogP contribution in [-0.2, 0) is 14.6 Å². The van der Waals surface area contributed by atoms with E-state index in [-0.39, 0.29) is 48.1 Å². The van der Waals surface area contributed by atoms with Crippen molar-refractivity contribution in [2.45, 2.75) is 32.1 Å². The van der Waals surface area contributed by atoms with E-state index < -0.39 is 9.84 Å². The topological polar surface area (TPSA) is 82.1 Å². The van der Waals surface area contributed by atoms with E-state index in [1.165, 1.54) is 25.7 Å². The molecule has 0 bridgehead atoms. The molecule has 0 aromatic carbocycles. The molecule has 3 fully saturated rings. The van der Waals surface area contributed by atoms with Crippen molar-refractivity contribution in [3.8, 4) is 0 Å². The second-order valence-corrected chi connectivity index (χ2v) is 10.5. The highest BCUT2D eigenvalue weighted by Crippen LogP contribution is 2.36. The van der Waals surface area contributed by atoms with E-state index in [1.807, 2.05) is 0 Å². The van der Waals surface area contributed by atoms with Gasteiger partial charge in [0.2, 0.25) is 5.91 Å². The molecule has 3 aliphatic rings. The first-order valence-electron chi connectivity index (χ1n) is 9.78. The van der Waals surface area contributed by atoms with Crippen LogP contribution in [0.3, 0.4) is 0 Å². The van der Waals surface area contributed by atoms with Crippen LogP contribution >= 0.6 is 24.0 Å². The summed E-state index contributed by atoms with van der Waals surface area (Å²) in [5.41, 5.74) is 0. The zero-order chi connectivity index (χ0) is 18.7. The third-order valence-electron chi connectivity index (χ3n) is 6.01. The van der Waals surface area contributed by atoms with Gasteiger partial charge >= 0.3 is 0 Å². The van der Waals surface area contributed by atoms with Crippen LogP contribution in [0.25, 0.3) is 0 Å². The predicted octanol–water partition coefficient (Wildman–Crippen LogP) is 1.19. The van der Waals surface area contributed by atoms with Crippen LogP contribution in [0.15, 0.2) is 4.99 Å². The first kappa shape index (κ1) is 22.7. The molecule has 2 heterocycles. The van der Waals surface area contributed by atoms with Gasteiger partial charge in [-0.15, -0.1) is 24.0 Å².